The molecule has 2 nitrogen and oxygen atoms in total. The summed E-state index contributed by atoms with van der Waals surface area (Å²) in [5.74, 6) is 0. The number of hydrogen-bond donors (Lipinski definition) is 1. The maximum absolute atomic E-state index is 3.32. The lowest BCUT2D eigenvalue weighted by Crippen LogP contribution is -2.38. The Morgan fingerprint density at radius 2 is 2.06 bits per heavy atom. The van der Waals surface area contributed by atoms with E-state index in [1.807, 2.05) is 7.05 Å². The van der Waals surface area contributed by atoms with Gasteiger partial charge in [-0.25, -0.2) is 0 Å². The summed E-state index contributed by atoms with van der Waals surface area (Å²) in [6.07, 6.45) is 3.54. The minimum Gasteiger partial charge on any atom is -0.318 e. The van der Waals surface area contributed by atoms with Gasteiger partial charge in [-0.3, -0.25) is 4.90 Å². The van der Waals surface area contributed by atoms with E-state index in [2.05, 4.69) is 53.5 Å². The summed E-state index contributed by atoms with van der Waals surface area (Å²) in [6.45, 7) is 5.50. The Balaban J connectivity index is 2.15. The first-order valence-electron chi connectivity index (χ1n) is 6.40. The van der Waals surface area contributed by atoms with Gasteiger partial charge in [0.15, 0.2) is 0 Å². The number of nitrogens with one attached hydrogen (secondary N) is 1. The van der Waals surface area contributed by atoms with Crippen LogP contribution in [-0.2, 0) is 0 Å². The molecule has 1 aromatic carbocycles. The second-order valence-corrected chi connectivity index (χ2v) is 4.79. The third-order valence-corrected chi connectivity index (χ3v) is 3.38. The van der Waals surface area contributed by atoms with Crippen LogP contribution < -0.4 is 5.32 Å². The van der Waals surface area contributed by atoms with Gasteiger partial charge in [-0.15, -0.1) is 0 Å². The number of likely N-dealkylation sites (N-methyl/N-ethyl adjacent to an activating group) is 1. The highest BCUT2D eigenvalue weighted by atomic mass is 15.2. The zero-order valence-electron chi connectivity index (χ0n) is 10.8. The smallest absolute Gasteiger partial charge is 0.0476 e. The van der Waals surface area contributed by atoms with Crippen LogP contribution in [0.1, 0.15) is 24.9 Å². The molecular formula is C15H22N2. The molecule has 1 aromatic rings. The van der Waals surface area contributed by atoms with Gasteiger partial charge in [0.2, 0.25) is 0 Å². The van der Waals surface area contributed by atoms with Crippen LogP contribution in [0.3, 0.4) is 0 Å². The van der Waals surface area contributed by atoms with Crippen LogP contribution in [0.2, 0.25) is 0 Å². The Hall–Kier alpha value is -1.12. The molecule has 0 amide bonds. The minimum absolute atomic E-state index is 0.491. The third-order valence-electron chi connectivity index (χ3n) is 3.38. The van der Waals surface area contributed by atoms with Gasteiger partial charge in [0, 0.05) is 25.7 Å². The van der Waals surface area contributed by atoms with E-state index >= 15 is 0 Å². The summed E-state index contributed by atoms with van der Waals surface area (Å²) in [5.41, 5.74) is 2.91. The first-order valence-corrected chi connectivity index (χ1v) is 6.40. The topological polar surface area (TPSA) is 15.3 Å². The van der Waals surface area contributed by atoms with Crippen LogP contribution in [0.15, 0.2) is 42.0 Å². The molecule has 1 N–H and O–H groups in total. The average Bonchev–Trinajstić information content (AvgIpc) is 2.37. The van der Waals surface area contributed by atoms with E-state index in [0.717, 1.165) is 13.1 Å². The Morgan fingerprint density at radius 3 is 2.71 bits per heavy atom. The molecule has 0 spiro atoms. The van der Waals surface area contributed by atoms with Crippen LogP contribution >= 0.6 is 0 Å². The van der Waals surface area contributed by atoms with Crippen molar-refractivity contribution < 1.29 is 0 Å². The second kappa shape index (κ2) is 5.99. The fraction of sp³-hybridized carbons (Fsp3) is 0.467. The molecule has 0 aromatic heterocycles. The van der Waals surface area contributed by atoms with E-state index in [-0.39, 0.29) is 0 Å². The van der Waals surface area contributed by atoms with Gasteiger partial charge in [-0.05, 0) is 26.0 Å². The fourth-order valence-corrected chi connectivity index (χ4v) is 2.53. The maximum atomic E-state index is 3.32. The molecule has 0 fully saturated rings. The number of benzene rings is 1. The molecule has 1 aliphatic heterocycles. The molecule has 1 unspecified atom stereocenters. The highest BCUT2D eigenvalue weighted by molar-refractivity contribution is 5.20. The van der Waals surface area contributed by atoms with E-state index in [0.29, 0.717) is 6.04 Å². The molecule has 92 valence electrons. The lowest BCUT2D eigenvalue weighted by Gasteiger charge is -2.34. The fourth-order valence-electron chi connectivity index (χ4n) is 2.53. The van der Waals surface area contributed by atoms with Gasteiger partial charge in [-0.2, -0.15) is 0 Å². The normalized spacial score (nSPS) is 18.8. The molecule has 17 heavy (non-hydrogen) atoms. The van der Waals surface area contributed by atoms with Gasteiger partial charge in [0.25, 0.3) is 0 Å². The molecule has 0 saturated heterocycles. The highest BCUT2D eigenvalue weighted by Crippen LogP contribution is 2.23. The van der Waals surface area contributed by atoms with Gasteiger partial charge in [-0.1, -0.05) is 42.0 Å². The van der Waals surface area contributed by atoms with Crippen LogP contribution in [0, 0.1) is 0 Å². The Labute approximate surface area is 104 Å². The van der Waals surface area contributed by atoms with Crippen LogP contribution in [-0.4, -0.2) is 31.6 Å². The van der Waals surface area contributed by atoms with Gasteiger partial charge in [0.05, 0.1) is 0 Å². The van der Waals surface area contributed by atoms with Crippen LogP contribution in [0.25, 0.3) is 0 Å². The molecule has 1 heterocycles. The number of rotatable bonds is 4. The first-order chi connectivity index (χ1) is 8.31. The van der Waals surface area contributed by atoms with Crippen LogP contribution in [0.5, 0.6) is 0 Å². The predicted octanol–water partition coefficient (Wildman–Crippen LogP) is 2.60. The SMILES string of the molecule is CNCC(c1ccccc1)N1CCC=C(C)C1. The van der Waals surface area contributed by atoms with E-state index in [4.69, 9.17) is 0 Å². The molecule has 2 heteroatoms. The monoisotopic (exact) mass is 230 g/mol. The zero-order chi connectivity index (χ0) is 12.1. The van der Waals surface area contributed by atoms with E-state index in [9.17, 15) is 0 Å². The van der Waals surface area contributed by atoms with Crippen molar-refractivity contribution in [2.45, 2.75) is 19.4 Å². The third kappa shape index (κ3) is 3.18. The summed E-state index contributed by atoms with van der Waals surface area (Å²) in [5, 5.41) is 3.32. The van der Waals surface area contributed by atoms with Crippen molar-refractivity contribution in [3.05, 3.63) is 47.5 Å². The maximum Gasteiger partial charge on any atom is 0.0476 e. The van der Waals surface area contributed by atoms with Gasteiger partial charge in [0.1, 0.15) is 0 Å². The summed E-state index contributed by atoms with van der Waals surface area (Å²) in [7, 11) is 2.03. The summed E-state index contributed by atoms with van der Waals surface area (Å²) in [4.78, 5) is 2.57. The van der Waals surface area contributed by atoms with Gasteiger partial charge >= 0.3 is 0 Å². The molecule has 2 rings (SSSR count). The lowest BCUT2D eigenvalue weighted by atomic mass is 10.0. The minimum atomic E-state index is 0.491. The van der Waals surface area contributed by atoms with E-state index in [1.54, 1.807) is 0 Å². The molecule has 0 saturated carbocycles. The lowest BCUT2D eigenvalue weighted by molar-refractivity contribution is 0.207. The Bertz CT molecular complexity index is 370. The molecule has 0 aliphatic carbocycles. The highest BCUT2D eigenvalue weighted by Gasteiger charge is 2.21. The summed E-state index contributed by atoms with van der Waals surface area (Å²) < 4.78 is 0. The molecular weight excluding hydrogens is 208 g/mol. The van der Waals surface area contributed by atoms with E-state index < -0.39 is 0 Å². The quantitative estimate of drug-likeness (QED) is 0.800. The van der Waals surface area contributed by atoms with Crippen molar-refractivity contribution in [1.82, 2.24) is 10.2 Å². The van der Waals surface area contributed by atoms with Crippen molar-refractivity contribution in [1.29, 1.82) is 0 Å². The molecule has 0 radical (unpaired) electrons. The van der Waals surface area contributed by atoms with Crippen molar-refractivity contribution in [2.75, 3.05) is 26.7 Å². The first kappa shape index (κ1) is 12.3. The van der Waals surface area contributed by atoms with Crippen molar-refractivity contribution in [3.8, 4) is 0 Å². The molecule has 0 bridgehead atoms. The van der Waals surface area contributed by atoms with Crippen LogP contribution in [0.4, 0.5) is 0 Å². The number of nitrogens with zero attached hydrogens (tertiary/aromatic N) is 1. The summed E-state index contributed by atoms with van der Waals surface area (Å²) in [6, 6.07) is 11.3. The predicted molar refractivity (Wildman–Crippen MR) is 73.1 cm³/mol. The zero-order valence-corrected chi connectivity index (χ0v) is 10.8. The van der Waals surface area contributed by atoms with Crippen molar-refractivity contribution >= 4 is 0 Å². The summed E-state index contributed by atoms with van der Waals surface area (Å²) >= 11 is 0. The molecule has 1 atom stereocenters. The molecule has 1 aliphatic rings. The second-order valence-electron chi connectivity index (χ2n) is 4.79. The van der Waals surface area contributed by atoms with Gasteiger partial charge < -0.3 is 5.32 Å². The van der Waals surface area contributed by atoms with Crippen molar-refractivity contribution in [3.63, 3.8) is 0 Å². The average molecular weight is 230 g/mol. The van der Waals surface area contributed by atoms with E-state index in [1.165, 1.54) is 24.1 Å². The van der Waals surface area contributed by atoms with Crippen molar-refractivity contribution in [2.24, 2.45) is 0 Å². The largest absolute Gasteiger partial charge is 0.318 e. The standard InChI is InChI=1S/C15H22N2/c1-13-7-6-10-17(12-13)15(11-16-2)14-8-4-3-5-9-14/h3-5,7-9,15-16H,6,10-12H2,1-2H3. The number of hydrogen-bond acceptors (Lipinski definition) is 2. The Morgan fingerprint density at radius 1 is 1.29 bits per heavy atom. The Kier molecular flexibility index (Phi) is 4.35.